The van der Waals surface area contributed by atoms with Gasteiger partial charge in [-0.25, -0.2) is 4.79 Å². The van der Waals surface area contributed by atoms with E-state index in [2.05, 4.69) is 28.8 Å². The minimum atomic E-state index is -0.929. The van der Waals surface area contributed by atoms with Crippen LogP contribution in [0.1, 0.15) is 16.7 Å². The third-order valence-electron chi connectivity index (χ3n) is 4.15. The third-order valence-corrected chi connectivity index (χ3v) is 4.15. The average molecular weight is 340 g/mol. The molecule has 25 heavy (non-hydrogen) atoms. The fraction of sp³-hybridized carbons (Fsp3) is 0.263. The SMILES string of the molecule is O=C(O)CNCCNC(=O)OCc1cccc2c1Cc1ccccc1-2. The number of aliphatic carboxylic acids is 1. The molecule has 3 rings (SSSR count). The molecule has 0 radical (unpaired) electrons. The van der Waals surface area contributed by atoms with E-state index >= 15 is 0 Å². The molecular formula is C19H20N2O4. The fourth-order valence-electron chi connectivity index (χ4n) is 3.00. The van der Waals surface area contributed by atoms with Crippen molar-refractivity contribution in [2.24, 2.45) is 0 Å². The van der Waals surface area contributed by atoms with Crippen LogP contribution >= 0.6 is 0 Å². The molecular weight excluding hydrogens is 320 g/mol. The molecule has 1 amide bonds. The van der Waals surface area contributed by atoms with Gasteiger partial charge in [0.2, 0.25) is 0 Å². The molecule has 0 aliphatic heterocycles. The summed E-state index contributed by atoms with van der Waals surface area (Å²) in [4.78, 5) is 22.1. The van der Waals surface area contributed by atoms with Crippen molar-refractivity contribution in [2.75, 3.05) is 19.6 Å². The van der Waals surface area contributed by atoms with Gasteiger partial charge in [0, 0.05) is 13.1 Å². The Morgan fingerprint density at radius 2 is 1.84 bits per heavy atom. The van der Waals surface area contributed by atoms with Gasteiger partial charge in [0.05, 0.1) is 6.54 Å². The average Bonchev–Trinajstić information content (AvgIpc) is 2.98. The predicted molar refractivity (Wildman–Crippen MR) is 93.4 cm³/mol. The summed E-state index contributed by atoms with van der Waals surface area (Å²) in [5.74, 6) is -0.929. The lowest BCUT2D eigenvalue weighted by Gasteiger charge is -2.10. The first-order chi connectivity index (χ1) is 12.1. The van der Waals surface area contributed by atoms with Crippen molar-refractivity contribution in [2.45, 2.75) is 13.0 Å². The van der Waals surface area contributed by atoms with Crippen molar-refractivity contribution in [3.63, 3.8) is 0 Å². The maximum absolute atomic E-state index is 11.8. The number of benzene rings is 2. The quantitative estimate of drug-likeness (QED) is 0.574. The van der Waals surface area contributed by atoms with Crippen LogP contribution in [0.4, 0.5) is 4.79 Å². The van der Waals surface area contributed by atoms with Crippen LogP contribution in [0, 0.1) is 0 Å². The summed E-state index contributed by atoms with van der Waals surface area (Å²) in [7, 11) is 0. The van der Waals surface area contributed by atoms with Crippen LogP contribution in [0.3, 0.4) is 0 Å². The minimum absolute atomic E-state index is 0.132. The lowest BCUT2D eigenvalue weighted by Crippen LogP contribution is -2.34. The lowest BCUT2D eigenvalue weighted by molar-refractivity contribution is -0.135. The maximum atomic E-state index is 11.8. The van der Waals surface area contributed by atoms with E-state index in [1.807, 2.05) is 24.3 Å². The number of carbonyl (C=O) groups excluding carboxylic acids is 1. The maximum Gasteiger partial charge on any atom is 0.407 e. The molecule has 0 unspecified atom stereocenters. The molecule has 3 N–H and O–H groups in total. The third kappa shape index (κ3) is 4.16. The second kappa shape index (κ2) is 7.81. The van der Waals surface area contributed by atoms with Gasteiger partial charge >= 0.3 is 12.1 Å². The highest BCUT2D eigenvalue weighted by atomic mass is 16.5. The van der Waals surface area contributed by atoms with E-state index in [1.165, 1.54) is 22.3 Å². The number of hydrogen-bond donors (Lipinski definition) is 3. The zero-order valence-corrected chi connectivity index (χ0v) is 13.7. The number of rotatable bonds is 7. The first kappa shape index (κ1) is 17.0. The Bertz CT molecular complexity index is 789. The van der Waals surface area contributed by atoms with Crippen molar-refractivity contribution >= 4 is 12.1 Å². The van der Waals surface area contributed by atoms with E-state index in [-0.39, 0.29) is 13.2 Å². The van der Waals surface area contributed by atoms with Gasteiger partial charge in [-0.05, 0) is 34.2 Å². The number of nitrogens with one attached hydrogen (secondary N) is 2. The van der Waals surface area contributed by atoms with E-state index in [0.29, 0.717) is 13.1 Å². The lowest BCUT2D eigenvalue weighted by atomic mass is 10.0. The zero-order chi connectivity index (χ0) is 17.6. The molecule has 1 aliphatic rings. The summed E-state index contributed by atoms with van der Waals surface area (Å²) in [5, 5.41) is 13.8. The normalized spacial score (nSPS) is 11.5. The number of hydrogen-bond acceptors (Lipinski definition) is 4. The molecule has 0 aromatic heterocycles. The van der Waals surface area contributed by atoms with Crippen molar-refractivity contribution in [3.8, 4) is 11.1 Å². The molecule has 0 atom stereocenters. The molecule has 6 nitrogen and oxygen atoms in total. The Balaban J connectivity index is 1.52. The van der Waals surface area contributed by atoms with E-state index in [4.69, 9.17) is 9.84 Å². The smallest absolute Gasteiger partial charge is 0.407 e. The van der Waals surface area contributed by atoms with Crippen LogP contribution in [0.25, 0.3) is 11.1 Å². The van der Waals surface area contributed by atoms with Crippen LogP contribution in [-0.2, 0) is 22.6 Å². The first-order valence-corrected chi connectivity index (χ1v) is 8.17. The molecule has 1 aliphatic carbocycles. The van der Waals surface area contributed by atoms with Crippen molar-refractivity contribution in [1.29, 1.82) is 0 Å². The van der Waals surface area contributed by atoms with Gasteiger partial charge in [-0.15, -0.1) is 0 Å². The fourth-order valence-corrected chi connectivity index (χ4v) is 3.00. The summed E-state index contributed by atoms with van der Waals surface area (Å²) >= 11 is 0. The second-order valence-corrected chi connectivity index (χ2v) is 5.85. The van der Waals surface area contributed by atoms with Gasteiger partial charge in [-0.2, -0.15) is 0 Å². The van der Waals surface area contributed by atoms with Gasteiger partial charge in [-0.3, -0.25) is 4.79 Å². The molecule has 2 aromatic carbocycles. The van der Waals surface area contributed by atoms with Crippen molar-refractivity contribution < 1.29 is 19.4 Å². The molecule has 0 spiro atoms. The molecule has 0 fully saturated rings. The van der Waals surface area contributed by atoms with Gasteiger partial charge in [0.15, 0.2) is 0 Å². The van der Waals surface area contributed by atoms with Crippen molar-refractivity contribution in [3.05, 3.63) is 59.2 Å². The molecule has 6 heteroatoms. The van der Waals surface area contributed by atoms with Crippen LogP contribution in [0.15, 0.2) is 42.5 Å². The van der Waals surface area contributed by atoms with E-state index in [0.717, 1.165) is 12.0 Å². The molecule has 0 heterocycles. The van der Waals surface area contributed by atoms with E-state index < -0.39 is 12.1 Å². The largest absolute Gasteiger partial charge is 0.480 e. The number of carboxylic acid groups (broad SMARTS) is 1. The minimum Gasteiger partial charge on any atom is -0.480 e. The Labute approximate surface area is 145 Å². The van der Waals surface area contributed by atoms with Crippen LogP contribution in [0.2, 0.25) is 0 Å². The second-order valence-electron chi connectivity index (χ2n) is 5.85. The number of alkyl carbamates (subject to hydrolysis) is 1. The highest BCUT2D eigenvalue weighted by Gasteiger charge is 2.20. The van der Waals surface area contributed by atoms with Crippen LogP contribution < -0.4 is 10.6 Å². The van der Waals surface area contributed by atoms with Gasteiger partial charge in [0.25, 0.3) is 0 Å². The van der Waals surface area contributed by atoms with Gasteiger partial charge in [0.1, 0.15) is 6.61 Å². The molecule has 0 saturated heterocycles. The van der Waals surface area contributed by atoms with Gasteiger partial charge in [-0.1, -0.05) is 42.5 Å². The molecule has 0 saturated carbocycles. The number of fused-ring (bicyclic) bond motifs is 3. The first-order valence-electron chi connectivity index (χ1n) is 8.17. The van der Waals surface area contributed by atoms with E-state index in [1.54, 1.807) is 0 Å². The summed E-state index contributed by atoms with van der Waals surface area (Å²) in [5.41, 5.74) is 5.95. The topological polar surface area (TPSA) is 87.7 Å². The summed E-state index contributed by atoms with van der Waals surface area (Å²) < 4.78 is 5.29. The summed E-state index contributed by atoms with van der Waals surface area (Å²) in [6, 6.07) is 14.4. The Morgan fingerprint density at radius 1 is 1.04 bits per heavy atom. The van der Waals surface area contributed by atoms with E-state index in [9.17, 15) is 9.59 Å². The number of carboxylic acids is 1. The number of carbonyl (C=O) groups is 2. The summed E-state index contributed by atoms with van der Waals surface area (Å²) in [6.45, 7) is 0.765. The zero-order valence-electron chi connectivity index (χ0n) is 13.7. The summed E-state index contributed by atoms with van der Waals surface area (Å²) in [6.07, 6.45) is 0.344. The Kier molecular flexibility index (Phi) is 5.30. The van der Waals surface area contributed by atoms with Crippen LogP contribution in [0.5, 0.6) is 0 Å². The van der Waals surface area contributed by atoms with Crippen molar-refractivity contribution in [1.82, 2.24) is 10.6 Å². The predicted octanol–water partition coefficient (Wildman–Crippen LogP) is 2.16. The number of ether oxygens (including phenoxy) is 1. The molecule has 2 aromatic rings. The molecule has 0 bridgehead atoms. The molecule has 130 valence electrons. The Hall–Kier alpha value is -2.86. The number of amides is 1. The monoisotopic (exact) mass is 340 g/mol. The highest BCUT2D eigenvalue weighted by molar-refractivity contribution is 5.78. The van der Waals surface area contributed by atoms with Crippen LogP contribution in [-0.4, -0.2) is 36.8 Å². The standard InChI is InChI=1S/C19H20N2O4/c22-18(23)11-20-8-9-21-19(24)25-12-14-5-3-7-16-15-6-2-1-4-13(15)10-17(14)16/h1-7,20H,8-12H2,(H,21,24)(H,22,23). The van der Waals surface area contributed by atoms with Gasteiger partial charge < -0.3 is 20.5 Å². The highest BCUT2D eigenvalue weighted by Crippen LogP contribution is 2.38. The Morgan fingerprint density at radius 3 is 2.68 bits per heavy atom.